The van der Waals surface area contributed by atoms with Crippen molar-refractivity contribution in [1.82, 2.24) is 14.5 Å². The minimum absolute atomic E-state index is 0.922. The number of aromatic nitrogens is 3. The van der Waals surface area contributed by atoms with Crippen LogP contribution in [-0.2, 0) is 7.05 Å². The molecule has 0 saturated carbocycles. The Morgan fingerprint density at radius 3 is 2.77 bits per heavy atom. The zero-order valence-electron chi connectivity index (χ0n) is 8.02. The van der Waals surface area contributed by atoms with Crippen LogP contribution in [0.1, 0.15) is 0 Å². The van der Waals surface area contributed by atoms with Crippen LogP contribution in [0, 0.1) is 0 Å². The molecule has 4 heteroatoms. The first kappa shape index (κ1) is 8.04. The first-order chi connectivity index (χ1) is 6.20. The first-order valence-electron chi connectivity index (χ1n) is 4.15. The Bertz CT molecular complexity index is 430. The number of imidazole rings is 1. The maximum atomic E-state index is 4.44. The number of aryl methyl sites for hydroxylation is 1. The minimum atomic E-state index is 0.922. The van der Waals surface area contributed by atoms with Gasteiger partial charge >= 0.3 is 0 Å². The van der Waals surface area contributed by atoms with Crippen molar-refractivity contribution in [2.75, 3.05) is 19.0 Å². The molecule has 2 rings (SSSR count). The van der Waals surface area contributed by atoms with Crippen molar-refractivity contribution in [3.63, 3.8) is 0 Å². The van der Waals surface area contributed by atoms with Gasteiger partial charge in [0.25, 0.3) is 0 Å². The topological polar surface area (TPSA) is 34.0 Å². The predicted molar refractivity (Wildman–Crippen MR) is 52.8 cm³/mol. The normalized spacial score (nSPS) is 10.7. The Labute approximate surface area is 76.8 Å². The first-order valence-corrected chi connectivity index (χ1v) is 4.15. The van der Waals surface area contributed by atoms with Gasteiger partial charge in [-0.3, -0.25) is 4.57 Å². The smallest absolute Gasteiger partial charge is 0.206 e. The van der Waals surface area contributed by atoms with E-state index in [2.05, 4.69) is 9.97 Å². The molecule has 2 aromatic rings. The van der Waals surface area contributed by atoms with Crippen LogP contribution in [0.3, 0.4) is 0 Å². The molecular formula is C9H12N4. The lowest BCUT2D eigenvalue weighted by molar-refractivity contribution is 0.880. The Balaban J connectivity index is 2.74. The lowest BCUT2D eigenvalue weighted by atomic mass is 10.4. The third-order valence-electron chi connectivity index (χ3n) is 2.00. The number of anilines is 1. The maximum absolute atomic E-state index is 4.44. The van der Waals surface area contributed by atoms with Crippen LogP contribution in [0.15, 0.2) is 18.3 Å². The summed E-state index contributed by atoms with van der Waals surface area (Å²) in [6.45, 7) is 0. The summed E-state index contributed by atoms with van der Waals surface area (Å²) < 4.78 is 1.98. The summed E-state index contributed by atoms with van der Waals surface area (Å²) in [5.41, 5.74) is 1.86. The molecule has 2 heterocycles. The fourth-order valence-corrected chi connectivity index (χ4v) is 1.41. The van der Waals surface area contributed by atoms with Crippen molar-refractivity contribution < 1.29 is 0 Å². The minimum Gasteiger partial charge on any atom is -0.348 e. The van der Waals surface area contributed by atoms with E-state index < -0.39 is 0 Å². The second-order valence-corrected chi connectivity index (χ2v) is 3.21. The second-order valence-electron chi connectivity index (χ2n) is 3.21. The fourth-order valence-electron chi connectivity index (χ4n) is 1.41. The van der Waals surface area contributed by atoms with Crippen molar-refractivity contribution in [2.24, 2.45) is 7.05 Å². The Morgan fingerprint density at radius 1 is 1.38 bits per heavy atom. The molecule has 68 valence electrons. The quantitative estimate of drug-likeness (QED) is 0.651. The highest BCUT2D eigenvalue weighted by Gasteiger charge is 2.08. The van der Waals surface area contributed by atoms with E-state index in [-0.39, 0.29) is 0 Å². The van der Waals surface area contributed by atoms with E-state index in [0.29, 0.717) is 0 Å². The van der Waals surface area contributed by atoms with Gasteiger partial charge in [0.1, 0.15) is 5.52 Å². The van der Waals surface area contributed by atoms with E-state index in [1.165, 1.54) is 0 Å². The van der Waals surface area contributed by atoms with Crippen molar-refractivity contribution in [2.45, 2.75) is 0 Å². The molecule has 2 aromatic heterocycles. The highest BCUT2D eigenvalue weighted by molar-refractivity contribution is 5.74. The summed E-state index contributed by atoms with van der Waals surface area (Å²) in [4.78, 5) is 10.7. The number of nitrogens with zero attached hydrogens (tertiary/aromatic N) is 4. The van der Waals surface area contributed by atoms with Gasteiger partial charge in [-0.05, 0) is 12.1 Å². The van der Waals surface area contributed by atoms with Crippen LogP contribution in [0.25, 0.3) is 11.2 Å². The summed E-state index contributed by atoms with van der Waals surface area (Å²) in [5, 5.41) is 0. The molecule has 0 unspecified atom stereocenters. The third-order valence-corrected chi connectivity index (χ3v) is 2.00. The predicted octanol–water partition coefficient (Wildman–Crippen LogP) is 1.03. The Kier molecular flexibility index (Phi) is 1.69. The van der Waals surface area contributed by atoms with Crippen LogP contribution in [0.2, 0.25) is 0 Å². The molecule has 0 saturated heterocycles. The zero-order chi connectivity index (χ0) is 9.42. The van der Waals surface area contributed by atoms with Crippen LogP contribution >= 0.6 is 0 Å². The van der Waals surface area contributed by atoms with Gasteiger partial charge in [-0.15, -0.1) is 0 Å². The molecule has 0 atom stereocenters. The standard InChI is InChI=1S/C9H12N4/c1-12(2)9-11-7-5-4-6-10-8(7)13(9)3/h4-6H,1-3H3. The van der Waals surface area contributed by atoms with Crippen LogP contribution in [-0.4, -0.2) is 28.6 Å². The van der Waals surface area contributed by atoms with E-state index in [9.17, 15) is 0 Å². The van der Waals surface area contributed by atoms with E-state index in [4.69, 9.17) is 0 Å². The van der Waals surface area contributed by atoms with E-state index in [0.717, 1.165) is 17.1 Å². The Morgan fingerprint density at radius 2 is 2.15 bits per heavy atom. The van der Waals surface area contributed by atoms with Gasteiger partial charge in [0.05, 0.1) is 0 Å². The molecule has 13 heavy (non-hydrogen) atoms. The van der Waals surface area contributed by atoms with Crippen molar-refractivity contribution in [3.8, 4) is 0 Å². The fraction of sp³-hybridized carbons (Fsp3) is 0.333. The molecule has 0 aromatic carbocycles. The van der Waals surface area contributed by atoms with Crippen LogP contribution in [0.5, 0.6) is 0 Å². The summed E-state index contributed by atoms with van der Waals surface area (Å²) >= 11 is 0. The number of fused-ring (bicyclic) bond motifs is 1. The third kappa shape index (κ3) is 1.14. The molecular weight excluding hydrogens is 164 g/mol. The SMILES string of the molecule is CN(C)c1nc2cccnc2n1C. The highest BCUT2D eigenvalue weighted by atomic mass is 15.3. The lowest BCUT2D eigenvalue weighted by Crippen LogP contribution is -2.13. The number of hydrogen-bond acceptors (Lipinski definition) is 3. The molecule has 0 fully saturated rings. The summed E-state index contributed by atoms with van der Waals surface area (Å²) in [7, 11) is 5.92. The van der Waals surface area contributed by atoms with Gasteiger partial charge < -0.3 is 4.90 Å². The molecule has 0 radical (unpaired) electrons. The monoisotopic (exact) mass is 176 g/mol. The average molecular weight is 176 g/mol. The molecule has 0 bridgehead atoms. The van der Waals surface area contributed by atoms with Gasteiger partial charge in [0.15, 0.2) is 5.65 Å². The van der Waals surface area contributed by atoms with Crippen molar-refractivity contribution in [3.05, 3.63) is 18.3 Å². The molecule has 0 aliphatic carbocycles. The van der Waals surface area contributed by atoms with Crippen molar-refractivity contribution >= 4 is 17.1 Å². The van der Waals surface area contributed by atoms with Crippen molar-refractivity contribution in [1.29, 1.82) is 0 Å². The van der Waals surface area contributed by atoms with Crippen LogP contribution < -0.4 is 4.90 Å². The molecule has 0 aliphatic heterocycles. The molecule has 0 N–H and O–H groups in total. The molecule has 4 nitrogen and oxygen atoms in total. The Hall–Kier alpha value is -1.58. The average Bonchev–Trinajstić information content (AvgIpc) is 2.45. The second kappa shape index (κ2) is 2.73. The van der Waals surface area contributed by atoms with E-state index in [1.54, 1.807) is 6.20 Å². The number of rotatable bonds is 1. The summed E-state index contributed by atoms with van der Waals surface area (Å²) in [5.74, 6) is 0.925. The zero-order valence-corrected chi connectivity index (χ0v) is 8.02. The molecule has 0 aliphatic rings. The van der Waals surface area contributed by atoms with Gasteiger partial charge in [-0.2, -0.15) is 0 Å². The lowest BCUT2D eigenvalue weighted by Gasteiger charge is -2.10. The largest absolute Gasteiger partial charge is 0.348 e. The van der Waals surface area contributed by atoms with E-state index in [1.807, 2.05) is 42.7 Å². The van der Waals surface area contributed by atoms with Gasteiger partial charge in [0, 0.05) is 27.3 Å². The van der Waals surface area contributed by atoms with Gasteiger partial charge in [0.2, 0.25) is 5.95 Å². The number of hydrogen-bond donors (Lipinski definition) is 0. The number of pyridine rings is 1. The van der Waals surface area contributed by atoms with Gasteiger partial charge in [-0.1, -0.05) is 0 Å². The highest BCUT2D eigenvalue weighted by Crippen LogP contribution is 2.16. The summed E-state index contributed by atoms with van der Waals surface area (Å²) in [6, 6.07) is 3.87. The summed E-state index contributed by atoms with van der Waals surface area (Å²) in [6.07, 6.45) is 1.78. The molecule has 0 amide bonds. The molecule has 0 spiro atoms. The van der Waals surface area contributed by atoms with Gasteiger partial charge in [-0.25, -0.2) is 9.97 Å². The van der Waals surface area contributed by atoms with Crippen LogP contribution in [0.4, 0.5) is 5.95 Å². The maximum Gasteiger partial charge on any atom is 0.206 e. The van der Waals surface area contributed by atoms with E-state index >= 15 is 0 Å².